The Kier molecular flexibility index (Phi) is 3.83. The third kappa shape index (κ3) is 3.35. The molecule has 0 heterocycles. The molecule has 0 saturated carbocycles. The van der Waals surface area contributed by atoms with Gasteiger partial charge in [-0.25, -0.2) is 4.79 Å². The van der Waals surface area contributed by atoms with Crippen molar-refractivity contribution in [1.82, 2.24) is 0 Å². The van der Waals surface area contributed by atoms with Gasteiger partial charge in [0.25, 0.3) is 7.37 Å². The molecule has 1 unspecified atom stereocenters. The van der Waals surface area contributed by atoms with Crippen molar-refractivity contribution < 1.29 is 19.0 Å². The van der Waals surface area contributed by atoms with Gasteiger partial charge in [-0.3, -0.25) is 4.57 Å². The van der Waals surface area contributed by atoms with E-state index in [4.69, 9.17) is 0 Å². The standard InChI is InChI=1S/C10H11O4P/c1-2-10(11)14-8-15(12,13)9-6-4-3-5-7-9/h2-7H,1,8H2,(H,12,13). The van der Waals surface area contributed by atoms with Crippen molar-refractivity contribution in [2.24, 2.45) is 0 Å². The maximum atomic E-state index is 11.7. The van der Waals surface area contributed by atoms with Crippen LogP contribution in [-0.4, -0.2) is 17.2 Å². The van der Waals surface area contributed by atoms with Gasteiger partial charge in [-0.1, -0.05) is 24.8 Å². The summed E-state index contributed by atoms with van der Waals surface area (Å²) in [6.07, 6.45) is 0.423. The molecule has 1 aromatic carbocycles. The van der Waals surface area contributed by atoms with Crippen molar-refractivity contribution in [3.63, 3.8) is 0 Å². The maximum absolute atomic E-state index is 11.7. The first-order chi connectivity index (χ1) is 7.06. The monoisotopic (exact) mass is 226 g/mol. The minimum Gasteiger partial charge on any atom is -0.452 e. The molecule has 4 nitrogen and oxygen atoms in total. The zero-order valence-electron chi connectivity index (χ0n) is 8.00. The number of carbonyl (C=O) groups is 1. The minimum absolute atomic E-state index is 0.266. The molecule has 0 aliphatic heterocycles. The van der Waals surface area contributed by atoms with Gasteiger partial charge in [0.15, 0.2) is 6.35 Å². The summed E-state index contributed by atoms with van der Waals surface area (Å²) in [6, 6.07) is 8.06. The second-order valence-electron chi connectivity index (χ2n) is 2.83. The van der Waals surface area contributed by atoms with Gasteiger partial charge in [0.05, 0.1) is 0 Å². The van der Waals surface area contributed by atoms with Gasteiger partial charge in [0.1, 0.15) is 0 Å². The first kappa shape index (κ1) is 11.7. The van der Waals surface area contributed by atoms with E-state index in [0.717, 1.165) is 6.08 Å². The Hall–Kier alpha value is -1.38. The molecular weight excluding hydrogens is 215 g/mol. The third-order valence-corrected chi connectivity index (χ3v) is 3.29. The molecule has 0 bridgehead atoms. The van der Waals surface area contributed by atoms with Crippen LogP contribution in [0.1, 0.15) is 0 Å². The normalized spacial score (nSPS) is 13.9. The van der Waals surface area contributed by atoms with Crippen LogP contribution in [0.25, 0.3) is 0 Å². The number of hydrogen-bond acceptors (Lipinski definition) is 3. The van der Waals surface area contributed by atoms with Crippen LogP contribution in [0.2, 0.25) is 0 Å². The van der Waals surface area contributed by atoms with E-state index in [-0.39, 0.29) is 5.30 Å². The Labute approximate surface area is 87.6 Å². The molecule has 0 fully saturated rings. The second-order valence-corrected chi connectivity index (χ2v) is 5.01. The van der Waals surface area contributed by atoms with Crippen LogP contribution < -0.4 is 5.30 Å². The summed E-state index contributed by atoms with van der Waals surface area (Å²) in [7, 11) is -3.60. The SMILES string of the molecule is C=CC(=O)OCP(=O)(O)c1ccccc1. The highest BCUT2D eigenvalue weighted by Gasteiger charge is 2.22. The first-order valence-corrected chi connectivity index (χ1v) is 6.07. The summed E-state index contributed by atoms with van der Waals surface area (Å²) in [5.41, 5.74) is 0. The van der Waals surface area contributed by atoms with E-state index in [9.17, 15) is 14.3 Å². The summed E-state index contributed by atoms with van der Waals surface area (Å²) in [4.78, 5) is 20.3. The summed E-state index contributed by atoms with van der Waals surface area (Å²) < 4.78 is 16.2. The largest absolute Gasteiger partial charge is 0.452 e. The molecule has 15 heavy (non-hydrogen) atoms. The van der Waals surface area contributed by atoms with E-state index in [1.807, 2.05) is 0 Å². The van der Waals surface area contributed by atoms with Gasteiger partial charge in [-0.05, 0) is 12.1 Å². The highest BCUT2D eigenvalue weighted by Crippen LogP contribution is 2.38. The highest BCUT2D eigenvalue weighted by molar-refractivity contribution is 7.65. The van der Waals surface area contributed by atoms with Crippen molar-refractivity contribution in [2.45, 2.75) is 0 Å². The molecule has 0 amide bonds. The molecule has 5 heteroatoms. The van der Waals surface area contributed by atoms with Crippen LogP contribution in [0.5, 0.6) is 0 Å². The molecule has 0 radical (unpaired) electrons. The van der Waals surface area contributed by atoms with Crippen molar-refractivity contribution in [3.8, 4) is 0 Å². The highest BCUT2D eigenvalue weighted by atomic mass is 31.2. The number of benzene rings is 1. The van der Waals surface area contributed by atoms with Crippen molar-refractivity contribution >= 4 is 18.6 Å². The van der Waals surface area contributed by atoms with E-state index in [0.29, 0.717) is 0 Å². The first-order valence-electron chi connectivity index (χ1n) is 4.23. The predicted octanol–water partition coefficient (Wildman–Crippen LogP) is 1.27. The van der Waals surface area contributed by atoms with Gasteiger partial charge in [-0.15, -0.1) is 0 Å². The molecule has 1 N–H and O–H groups in total. The maximum Gasteiger partial charge on any atom is 0.330 e. The predicted molar refractivity (Wildman–Crippen MR) is 57.1 cm³/mol. The second kappa shape index (κ2) is 4.91. The zero-order valence-corrected chi connectivity index (χ0v) is 8.89. The van der Waals surface area contributed by atoms with Crippen molar-refractivity contribution in [2.75, 3.05) is 6.35 Å². The van der Waals surface area contributed by atoms with Crippen LogP contribution >= 0.6 is 7.37 Å². The molecule has 0 aromatic heterocycles. The summed E-state index contributed by atoms with van der Waals surface area (Å²) in [5.74, 6) is -0.708. The lowest BCUT2D eigenvalue weighted by molar-refractivity contribution is -0.135. The van der Waals surface area contributed by atoms with E-state index >= 15 is 0 Å². The zero-order chi connectivity index (χ0) is 11.3. The molecule has 0 saturated heterocycles. The van der Waals surface area contributed by atoms with Gasteiger partial charge in [-0.2, -0.15) is 0 Å². The third-order valence-electron chi connectivity index (χ3n) is 1.71. The number of ether oxygens (including phenoxy) is 1. The molecule has 1 atom stereocenters. The van der Waals surface area contributed by atoms with E-state index in [1.165, 1.54) is 12.1 Å². The molecular formula is C10H11O4P. The van der Waals surface area contributed by atoms with Crippen LogP contribution in [0, 0.1) is 0 Å². The smallest absolute Gasteiger partial charge is 0.330 e. The van der Waals surface area contributed by atoms with Crippen molar-refractivity contribution in [3.05, 3.63) is 43.0 Å². The van der Waals surface area contributed by atoms with Gasteiger partial charge in [0, 0.05) is 11.4 Å². The van der Waals surface area contributed by atoms with Crippen LogP contribution in [0.4, 0.5) is 0 Å². The van der Waals surface area contributed by atoms with Crippen LogP contribution in [0.3, 0.4) is 0 Å². The topological polar surface area (TPSA) is 63.6 Å². The van der Waals surface area contributed by atoms with Crippen molar-refractivity contribution in [1.29, 1.82) is 0 Å². The van der Waals surface area contributed by atoms with Crippen LogP contribution in [-0.2, 0) is 14.1 Å². The number of hydrogen-bond donors (Lipinski definition) is 1. The Balaban J connectivity index is 2.72. The lowest BCUT2D eigenvalue weighted by atomic mass is 10.4. The molecule has 1 aromatic rings. The average molecular weight is 226 g/mol. The van der Waals surface area contributed by atoms with Gasteiger partial charge < -0.3 is 9.63 Å². The quantitative estimate of drug-likeness (QED) is 0.477. The molecule has 80 valence electrons. The molecule has 0 aliphatic carbocycles. The Morgan fingerprint density at radius 2 is 2.07 bits per heavy atom. The number of rotatable bonds is 4. The van der Waals surface area contributed by atoms with Gasteiger partial charge >= 0.3 is 5.97 Å². The molecule has 1 rings (SSSR count). The van der Waals surface area contributed by atoms with E-state index in [1.54, 1.807) is 18.2 Å². The summed E-state index contributed by atoms with van der Waals surface area (Å²) in [6.45, 7) is 3.19. The summed E-state index contributed by atoms with van der Waals surface area (Å²) >= 11 is 0. The number of carbonyl (C=O) groups excluding carboxylic acids is 1. The van der Waals surface area contributed by atoms with Gasteiger partial charge in [0.2, 0.25) is 0 Å². The lowest BCUT2D eigenvalue weighted by Gasteiger charge is -2.10. The van der Waals surface area contributed by atoms with E-state index < -0.39 is 19.7 Å². The number of esters is 1. The van der Waals surface area contributed by atoms with E-state index in [2.05, 4.69) is 11.3 Å². The van der Waals surface area contributed by atoms with Crippen LogP contribution in [0.15, 0.2) is 43.0 Å². The minimum atomic E-state index is -3.60. The summed E-state index contributed by atoms with van der Waals surface area (Å²) in [5, 5.41) is 0.266. The Morgan fingerprint density at radius 1 is 1.47 bits per heavy atom. The Morgan fingerprint density at radius 3 is 2.60 bits per heavy atom. The Bertz CT molecular complexity index is 399. The fourth-order valence-electron chi connectivity index (χ4n) is 0.946. The fraction of sp³-hybridized carbons (Fsp3) is 0.100. The average Bonchev–Trinajstić information content (AvgIpc) is 2.27. The molecule has 0 aliphatic rings. The molecule has 0 spiro atoms. The fourth-order valence-corrected chi connectivity index (χ4v) is 2.03. The lowest BCUT2D eigenvalue weighted by Crippen LogP contribution is -2.11.